The third kappa shape index (κ3) is 8.16. The number of benzene rings is 4. The van der Waals surface area contributed by atoms with Crippen LogP contribution in [0.4, 0.5) is 0 Å². The summed E-state index contributed by atoms with van der Waals surface area (Å²) in [6.07, 6.45) is -3.71. The molecule has 0 saturated carbocycles. The molecule has 0 spiro atoms. The molecule has 0 aromatic heterocycles. The van der Waals surface area contributed by atoms with Crippen molar-refractivity contribution in [1.82, 2.24) is 0 Å². The van der Waals surface area contributed by atoms with E-state index in [2.05, 4.69) is 0 Å². The van der Waals surface area contributed by atoms with Crippen molar-refractivity contribution in [3.8, 4) is 11.1 Å². The van der Waals surface area contributed by atoms with Crippen LogP contribution in [0.15, 0.2) is 103 Å². The molecule has 2 N–H and O–H groups in total. The van der Waals surface area contributed by atoms with Gasteiger partial charge in [0.25, 0.3) is 0 Å². The van der Waals surface area contributed by atoms with Crippen molar-refractivity contribution in [3.63, 3.8) is 0 Å². The van der Waals surface area contributed by atoms with Crippen molar-refractivity contribution >= 4 is 35.1 Å². The summed E-state index contributed by atoms with van der Waals surface area (Å²) in [5.41, 5.74) is 3.83. The van der Waals surface area contributed by atoms with Crippen LogP contribution in [-0.4, -0.2) is 34.4 Å². The number of rotatable bonds is 11. The largest absolute Gasteiger partial charge is 0.461 e. The Morgan fingerprint density at radius 2 is 1.12 bits per heavy atom. The third-order valence-corrected chi connectivity index (χ3v) is 6.77. The van der Waals surface area contributed by atoms with Gasteiger partial charge in [-0.3, -0.25) is 4.79 Å². The number of aliphatic hydroxyl groups excluding tert-OH is 2. The van der Waals surface area contributed by atoms with Crippen LogP contribution >= 0.6 is 23.2 Å². The molecule has 0 heterocycles. The van der Waals surface area contributed by atoms with E-state index in [1.807, 2.05) is 36.4 Å². The van der Waals surface area contributed by atoms with Gasteiger partial charge in [0.1, 0.15) is 19.3 Å². The zero-order valence-corrected chi connectivity index (χ0v) is 23.0. The molecule has 4 rings (SSSR count). The van der Waals surface area contributed by atoms with E-state index in [-0.39, 0.29) is 19.6 Å². The van der Waals surface area contributed by atoms with Crippen LogP contribution in [0.2, 0.25) is 10.0 Å². The van der Waals surface area contributed by atoms with E-state index >= 15 is 0 Å². The number of halogens is 2. The van der Waals surface area contributed by atoms with Crippen molar-refractivity contribution in [3.05, 3.63) is 130 Å². The Bertz CT molecular complexity index is 1390. The van der Waals surface area contributed by atoms with Crippen molar-refractivity contribution in [2.45, 2.75) is 31.8 Å². The average Bonchev–Trinajstić information content (AvgIpc) is 2.97. The summed E-state index contributed by atoms with van der Waals surface area (Å²) in [7, 11) is 0. The van der Waals surface area contributed by atoms with Crippen LogP contribution in [0.3, 0.4) is 0 Å². The number of aliphatic hydroxyl groups is 2. The third-order valence-electron chi connectivity index (χ3n) is 6.33. The van der Waals surface area contributed by atoms with E-state index in [0.29, 0.717) is 15.6 Å². The molecule has 4 aromatic rings. The molecule has 4 aromatic carbocycles. The Kier molecular flexibility index (Phi) is 10.3. The van der Waals surface area contributed by atoms with Gasteiger partial charge in [-0.15, -0.1) is 0 Å². The molecule has 0 saturated heterocycles. The van der Waals surface area contributed by atoms with E-state index in [1.165, 1.54) is 0 Å². The van der Waals surface area contributed by atoms with Crippen molar-refractivity contribution in [1.29, 1.82) is 0 Å². The topological polar surface area (TPSA) is 93.1 Å². The zero-order valence-electron chi connectivity index (χ0n) is 21.5. The average molecular weight is 579 g/mol. The lowest BCUT2D eigenvalue weighted by Gasteiger charge is -2.25. The first-order chi connectivity index (χ1) is 19.3. The summed E-state index contributed by atoms with van der Waals surface area (Å²) in [6, 6.07) is 30.5. The molecule has 0 fully saturated rings. The van der Waals surface area contributed by atoms with Crippen molar-refractivity contribution in [2.24, 2.45) is 5.92 Å². The standard InChI is InChI=1S/C32H28Cl2O6/c33-26-16-25(17-27(34)18-26)24-13-11-21(12-14-24)15-28(31(37)39-19-22-7-3-1-4-8-22)29(35)30(36)32(38)40-20-23-9-5-2-6-10-23/h1-14,16-18,28-30,35-36H,15,19-20H2/t28-,29-,30-/m1/s1. The fraction of sp³-hybridized carbons (Fsp3) is 0.188. The van der Waals surface area contributed by atoms with Gasteiger partial charge >= 0.3 is 11.9 Å². The minimum Gasteiger partial charge on any atom is -0.461 e. The second-order valence-corrected chi connectivity index (χ2v) is 10.2. The summed E-state index contributed by atoms with van der Waals surface area (Å²) < 4.78 is 10.7. The molecular formula is C32H28Cl2O6. The van der Waals surface area contributed by atoms with Crippen LogP contribution in [0.1, 0.15) is 16.7 Å². The predicted molar refractivity (Wildman–Crippen MR) is 154 cm³/mol. The molecule has 8 heteroatoms. The van der Waals surface area contributed by atoms with Crippen LogP contribution < -0.4 is 0 Å². The van der Waals surface area contributed by atoms with E-state index in [4.69, 9.17) is 32.7 Å². The summed E-state index contributed by atoms with van der Waals surface area (Å²) in [5.74, 6) is -3.03. The number of ether oxygens (including phenoxy) is 2. The Hall–Kier alpha value is -3.68. The minimum atomic E-state index is -1.95. The van der Waals surface area contributed by atoms with Gasteiger partial charge in [-0.2, -0.15) is 0 Å². The Morgan fingerprint density at radius 1 is 0.625 bits per heavy atom. The number of hydrogen-bond donors (Lipinski definition) is 2. The Labute approximate surface area is 242 Å². The molecule has 0 unspecified atom stereocenters. The zero-order chi connectivity index (χ0) is 28.5. The second kappa shape index (κ2) is 14.1. The van der Waals surface area contributed by atoms with Gasteiger partial charge in [0.15, 0.2) is 6.10 Å². The van der Waals surface area contributed by atoms with E-state index < -0.39 is 30.1 Å². The van der Waals surface area contributed by atoms with E-state index in [0.717, 1.165) is 22.3 Å². The smallest absolute Gasteiger partial charge is 0.338 e. The quantitative estimate of drug-likeness (QED) is 0.211. The van der Waals surface area contributed by atoms with Crippen LogP contribution in [0.5, 0.6) is 0 Å². The highest BCUT2D eigenvalue weighted by atomic mass is 35.5. The van der Waals surface area contributed by atoms with E-state index in [9.17, 15) is 19.8 Å². The molecule has 0 aliphatic rings. The molecular weight excluding hydrogens is 551 g/mol. The first-order valence-corrected chi connectivity index (χ1v) is 13.4. The lowest BCUT2D eigenvalue weighted by molar-refractivity contribution is -0.169. The molecule has 3 atom stereocenters. The first-order valence-electron chi connectivity index (χ1n) is 12.6. The van der Waals surface area contributed by atoms with Gasteiger partial charge < -0.3 is 19.7 Å². The van der Waals surface area contributed by atoms with Gasteiger partial charge in [0.2, 0.25) is 0 Å². The summed E-state index contributed by atoms with van der Waals surface area (Å²) >= 11 is 12.3. The molecule has 0 radical (unpaired) electrons. The van der Waals surface area contributed by atoms with Gasteiger partial charge in [-0.1, -0.05) is 108 Å². The number of carbonyl (C=O) groups is 2. The maximum Gasteiger partial charge on any atom is 0.338 e. The molecule has 206 valence electrons. The molecule has 6 nitrogen and oxygen atoms in total. The summed E-state index contributed by atoms with van der Waals surface area (Å²) in [4.78, 5) is 25.7. The SMILES string of the molecule is O=C(OCc1ccccc1)[C@H](O)[C@H](O)[C@@H](Cc1ccc(-c2cc(Cl)cc(Cl)c2)cc1)C(=O)OCc1ccccc1. The van der Waals surface area contributed by atoms with Crippen LogP contribution in [-0.2, 0) is 38.7 Å². The second-order valence-electron chi connectivity index (χ2n) is 9.29. The molecule has 40 heavy (non-hydrogen) atoms. The molecule has 0 amide bonds. The van der Waals surface area contributed by atoms with E-state index in [1.54, 1.807) is 66.7 Å². The lowest BCUT2D eigenvalue weighted by atomic mass is 9.90. The monoisotopic (exact) mass is 578 g/mol. The molecule has 0 aliphatic carbocycles. The highest BCUT2D eigenvalue weighted by Crippen LogP contribution is 2.28. The number of hydrogen-bond acceptors (Lipinski definition) is 6. The Balaban J connectivity index is 1.49. The fourth-order valence-corrected chi connectivity index (χ4v) is 4.69. The van der Waals surface area contributed by atoms with Crippen molar-refractivity contribution < 1.29 is 29.3 Å². The normalized spacial score (nSPS) is 13.2. The molecule has 0 aliphatic heterocycles. The highest BCUT2D eigenvalue weighted by molar-refractivity contribution is 6.35. The van der Waals surface area contributed by atoms with Gasteiger partial charge in [-0.25, -0.2) is 4.79 Å². The maximum absolute atomic E-state index is 13.2. The number of esters is 2. The van der Waals surface area contributed by atoms with Crippen LogP contribution in [0, 0.1) is 5.92 Å². The highest BCUT2D eigenvalue weighted by Gasteiger charge is 2.38. The lowest BCUT2D eigenvalue weighted by Crippen LogP contribution is -2.44. The maximum atomic E-state index is 13.2. The van der Waals surface area contributed by atoms with Crippen LogP contribution in [0.25, 0.3) is 11.1 Å². The van der Waals surface area contributed by atoms with Gasteiger partial charge in [0.05, 0.1) is 5.92 Å². The predicted octanol–water partition coefficient (Wildman–Crippen LogP) is 6.03. The summed E-state index contributed by atoms with van der Waals surface area (Å²) in [5, 5.41) is 22.6. The summed E-state index contributed by atoms with van der Waals surface area (Å²) in [6.45, 7) is -0.104. The fourth-order valence-electron chi connectivity index (χ4n) is 4.16. The van der Waals surface area contributed by atoms with Crippen molar-refractivity contribution in [2.75, 3.05) is 0 Å². The first kappa shape index (κ1) is 29.3. The van der Waals surface area contributed by atoms with Gasteiger partial charge in [0, 0.05) is 10.0 Å². The number of carbonyl (C=O) groups excluding carboxylic acids is 2. The molecule has 0 bridgehead atoms. The Morgan fingerprint density at radius 3 is 1.65 bits per heavy atom. The minimum absolute atomic E-state index is 0.00833. The van der Waals surface area contributed by atoms with Gasteiger partial charge in [-0.05, 0) is 52.4 Å².